The number of hydrogen-bond donors (Lipinski definition) is 4. The Balaban J connectivity index is 1.93. The van der Waals surface area contributed by atoms with Crippen LogP contribution in [0.25, 0.3) is 0 Å². The lowest BCUT2D eigenvalue weighted by Gasteiger charge is -2.12. The molecule has 0 fully saturated rings. The van der Waals surface area contributed by atoms with Gasteiger partial charge < -0.3 is 19.9 Å². The van der Waals surface area contributed by atoms with E-state index in [0.29, 0.717) is 0 Å². The molecule has 0 aromatic heterocycles. The van der Waals surface area contributed by atoms with E-state index >= 15 is 0 Å². The average molecular weight is 442 g/mol. The molecule has 11 heteroatoms. The van der Waals surface area contributed by atoms with Crippen LogP contribution in [0.1, 0.15) is 11.1 Å². The van der Waals surface area contributed by atoms with E-state index in [0.717, 1.165) is 11.1 Å². The standard InChI is InChI=1S/C21H22N4O7/c26-17(22-12-18(27)28)11-23-19(24-20(29)31-13-15-7-3-1-4-8-15)25-21(30)32-14-16-9-5-2-6-10-16/h1-10H,11-14H2,(H,22,26)(H,27,28)(H2,23,24,25,29,30). The van der Waals surface area contributed by atoms with Crippen molar-refractivity contribution in [3.05, 3.63) is 71.8 Å². The van der Waals surface area contributed by atoms with Gasteiger partial charge in [0.2, 0.25) is 11.9 Å². The maximum atomic E-state index is 12.1. The number of benzene rings is 2. The monoisotopic (exact) mass is 442 g/mol. The van der Waals surface area contributed by atoms with Crippen molar-refractivity contribution in [1.82, 2.24) is 16.0 Å². The highest BCUT2D eigenvalue weighted by atomic mass is 16.6. The molecule has 0 saturated carbocycles. The number of alkyl carbamates (subject to hydrolysis) is 2. The topological polar surface area (TPSA) is 155 Å². The summed E-state index contributed by atoms with van der Waals surface area (Å²) in [5.41, 5.74) is 1.48. The molecule has 2 aromatic rings. The lowest BCUT2D eigenvalue weighted by Crippen LogP contribution is -2.45. The smallest absolute Gasteiger partial charge is 0.414 e. The minimum absolute atomic E-state index is 0.0303. The van der Waals surface area contributed by atoms with Crippen LogP contribution in [-0.2, 0) is 32.3 Å². The summed E-state index contributed by atoms with van der Waals surface area (Å²) in [4.78, 5) is 50.1. The Kier molecular flexibility index (Phi) is 9.70. The van der Waals surface area contributed by atoms with Crippen molar-refractivity contribution in [2.45, 2.75) is 13.2 Å². The Morgan fingerprint density at radius 2 is 1.25 bits per heavy atom. The Hall–Kier alpha value is -4.41. The summed E-state index contributed by atoms with van der Waals surface area (Å²) in [5.74, 6) is -2.36. The van der Waals surface area contributed by atoms with E-state index in [-0.39, 0.29) is 13.2 Å². The maximum absolute atomic E-state index is 12.1. The minimum atomic E-state index is -1.23. The fraction of sp³-hybridized carbons (Fsp3) is 0.190. The van der Waals surface area contributed by atoms with Gasteiger partial charge in [-0.2, -0.15) is 0 Å². The molecule has 0 spiro atoms. The number of rotatable bonds is 8. The van der Waals surface area contributed by atoms with Crippen molar-refractivity contribution in [3.8, 4) is 0 Å². The fourth-order valence-electron chi connectivity index (χ4n) is 2.20. The third-order valence-electron chi connectivity index (χ3n) is 3.68. The van der Waals surface area contributed by atoms with Crippen LogP contribution in [0.4, 0.5) is 9.59 Å². The zero-order chi connectivity index (χ0) is 23.2. The SMILES string of the molecule is O=C(O)CNC(=O)CN=C(NC(=O)OCc1ccccc1)NC(=O)OCc1ccccc1. The predicted octanol–water partition coefficient (Wildman–Crippen LogP) is 1.40. The molecule has 0 saturated heterocycles. The molecule has 2 rings (SSSR count). The van der Waals surface area contributed by atoms with E-state index in [2.05, 4.69) is 20.9 Å². The van der Waals surface area contributed by atoms with Gasteiger partial charge in [-0.25, -0.2) is 14.6 Å². The summed E-state index contributed by atoms with van der Waals surface area (Å²) in [5, 5.41) is 15.1. The molecule has 11 nitrogen and oxygen atoms in total. The third-order valence-corrected chi connectivity index (χ3v) is 3.68. The third kappa shape index (κ3) is 9.87. The van der Waals surface area contributed by atoms with Crippen LogP contribution < -0.4 is 16.0 Å². The van der Waals surface area contributed by atoms with Gasteiger partial charge in [0.15, 0.2) is 0 Å². The summed E-state index contributed by atoms with van der Waals surface area (Å²) < 4.78 is 10.1. The molecule has 32 heavy (non-hydrogen) atoms. The molecule has 168 valence electrons. The second-order valence-corrected chi connectivity index (χ2v) is 6.21. The first-order chi connectivity index (χ1) is 15.4. The van der Waals surface area contributed by atoms with Crippen molar-refractivity contribution < 1.29 is 33.8 Å². The van der Waals surface area contributed by atoms with Crippen LogP contribution >= 0.6 is 0 Å². The largest absolute Gasteiger partial charge is 0.480 e. The van der Waals surface area contributed by atoms with Crippen LogP contribution in [0.15, 0.2) is 65.7 Å². The molecule has 0 unspecified atom stereocenters. The molecule has 0 aliphatic rings. The molecule has 0 bridgehead atoms. The van der Waals surface area contributed by atoms with Gasteiger partial charge in [0.05, 0.1) is 0 Å². The summed E-state index contributed by atoms with van der Waals surface area (Å²) in [6.45, 7) is -1.21. The lowest BCUT2D eigenvalue weighted by atomic mass is 10.2. The summed E-state index contributed by atoms with van der Waals surface area (Å²) in [6.07, 6.45) is -1.86. The first-order valence-corrected chi connectivity index (χ1v) is 9.40. The van der Waals surface area contributed by atoms with Gasteiger partial charge in [-0.1, -0.05) is 60.7 Å². The van der Waals surface area contributed by atoms with Crippen LogP contribution in [-0.4, -0.2) is 48.2 Å². The number of ether oxygens (including phenoxy) is 2. The van der Waals surface area contributed by atoms with Crippen LogP contribution in [0.3, 0.4) is 0 Å². The molecule has 0 aliphatic carbocycles. The van der Waals surface area contributed by atoms with Crippen LogP contribution in [0.5, 0.6) is 0 Å². The second-order valence-electron chi connectivity index (χ2n) is 6.21. The fourth-order valence-corrected chi connectivity index (χ4v) is 2.20. The molecule has 0 radical (unpaired) electrons. The number of carbonyl (C=O) groups excluding carboxylic acids is 3. The Morgan fingerprint density at radius 1 is 0.781 bits per heavy atom. The normalized spacial score (nSPS) is 9.75. The van der Waals surface area contributed by atoms with E-state index < -0.39 is 43.1 Å². The number of hydrogen-bond acceptors (Lipinski definition) is 7. The van der Waals surface area contributed by atoms with Gasteiger partial charge in [0.25, 0.3) is 0 Å². The molecule has 0 heterocycles. The van der Waals surface area contributed by atoms with Gasteiger partial charge in [-0.15, -0.1) is 0 Å². The van der Waals surface area contributed by atoms with E-state index in [1.165, 1.54) is 0 Å². The maximum Gasteiger partial charge on any atom is 0.414 e. The van der Waals surface area contributed by atoms with Gasteiger partial charge in [0, 0.05) is 0 Å². The Morgan fingerprint density at radius 3 is 1.69 bits per heavy atom. The number of guanidine groups is 1. The van der Waals surface area contributed by atoms with Crippen molar-refractivity contribution in [3.63, 3.8) is 0 Å². The highest BCUT2D eigenvalue weighted by molar-refractivity contribution is 6.02. The van der Waals surface area contributed by atoms with Crippen molar-refractivity contribution in [2.24, 2.45) is 4.99 Å². The van der Waals surface area contributed by atoms with Crippen LogP contribution in [0.2, 0.25) is 0 Å². The summed E-state index contributed by atoms with van der Waals surface area (Å²) in [6, 6.07) is 17.8. The molecular formula is C21H22N4O7. The number of nitrogens with one attached hydrogen (secondary N) is 3. The quantitative estimate of drug-likeness (QED) is 0.356. The van der Waals surface area contributed by atoms with Crippen LogP contribution in [0, 0.1) is 0 Å². The first-order valence-electron chi connectivity index (χ1n) is 9.40. The van der Waals surface area contributed by atoms with Gasteiger partial charge in [0.1, 0.15) is 26.3 Å². The Bertz CT molecular complexity index is 890. The molecule has 0 atom stereocenters. The summed E-state index contributed by atoms with van der Waals surface area (Å²) >= 11 is 0. The lowest BCUT2D eigenvalue weighted by molar-refractivity contribution is -0.137. The van der Waals surface area contributed by atoms with E-state index in [9.17, 15) is 19.2 Å². The van der Waals surface area contributed by atoms with Gasteiger partial charge >= 0.3 is 18.2 Å². The first kappa shape index (κ1) is 23.9. The number of carbonyl (C=O) groups is 4. The zero-order valence-electron chi connectivity index (χ0n) is 16.9. The highest BCUT2D eigenvalue weighted by Crippen LogP contribution is 2.01. The van der Waals surface area contributed by atoms with E-state index in [1.54, 1.807) is 48.5 Å². The number of amides is 3. The number of aliphatic imine (C=N–C) groups is 1. The van der Waals surface area contributed by atoms with Crippen molar-refractivity contribution in [2.75, 3.05) is 13.1 Å². The minimum Gasteiger partial charge on any atom is -0.480 e. The predicted molar refractivity (Wildman–Crippen MR) is 112 cm³/mol. The van der Waals surface area contributed by atoms with Crippen molar-refractivity contribution in [1.29, 1.82) is 0 Å². The molecule has 3 amide bonds. The molecule has 0 aliphatic heterocycles. The van der Waals surface area contributed by atoms with E-state index in [1.807, 2.05) is 12.1 Å². The molecule has 2 aromatic carbocycles. The Labute approximate surface area is 183 Å². The average Bonchev–Trinajstić information content (AvgIpc) is 2.80. The van der Waals surface area contributed by atoms with Crippen molar-refractivity contribution >= 4 is 30.0 Å². The summed E-state index contributed by atoms with van der Waals surface area (Å²) in [7, 11) is 0. The molecular weight excluding hydrogens is 420 g/mol. The number of aliphatic carboxylic acids is 1. The highest BCUT2D eigenvalue weighted by Gasteiger charge is 2.13. The molecule has 4 N–H and O–H groups in total. The number of carboxylic acid groups (broad SMARTS) is 1. The van der Waals surface area contributed by atoms with E-state index in [4.69, 9.17) is 14.6 Å². The van der Waals surface area contributed by atoms with Gasteiger partial charge in [-0.05, 0) is 11.1 Å². The number of carboxylic acids is 1. The second kappa shape index (κ2) is 13.0. The number of nitrogens with zero attached hydrogens (tertiary/aromatic N) is 1. The zero-order valence-corrected chi connectivity index (χ0v) is 16.9. The van der Waals surface area contributed by atoms with Gasteiger partial charge in [-0.3, -0.25) is 20.2 Å².